The Kier molecular flexibility index (Phi) is 13.4. The Balaban J connectivity index is 1.54. The molecule has 0 saturated heterocycles. The van der Waals surface area contributed by atoms with E-state index in [-0.39, 0.29) is 39.7 Å². The molecule has 0 radical (unpaired) electrons. The maximum absolute atomic E-state index is 14.8. The Morgan fingerprint density at radius 2 is 1.81 bits per heavy atom. The largest absolute Gasteiger partial charge is 0.397 e. The summed E-state index contributed by atoms with van der Waals surface area (Å²) >= 11 is 9.65. The van der Waals surface area contributed by atoms with Gasteiger partial charge in [0, 0.05) is 47.1 Å². The molecule has 2 heterocycles. The number of fused-ring (bicyclic) bond motifs is 1. The van der Waals surface area contributed by atoms with Gasteiger partial charge >= 0.3 is 0 Å². The standard InChI is InChI=1S/C40H38ClF8N7S2/c1-39(2,57-3)12-10-24-4-7-26(27-8-9-29(41)32-35(27)56(20-31(44)45)54-38(32)55-58-25-5-6-25)34(53-24)30(18-21-16-22(42)19-23(43)17-21)51-14-15-52-36-28(33(50)37(46)47)11-13-40(36,48)49/h4,7-9,14,16-17,19,25,30-31,37H,5-6,11,13,15,18,20,50H2,1-3H3,(H,54,55). The number of benzene rings is 2. The van der Waals surface area contributed by atoms with Crippen molar-refractivity contribution >= 4 is 64.0 Å². The van der Waals surface area contributed by atoms with Crippen LogP contribution in [0.25, 0.3) is 22.0 Å². The molecule has 0 amide bonds. The van der Waals surface area contributed by atoms with Crippen molar-refractivity contribution in [2.24, 2.45) is 15.7 Å². The van der Waals surface area contributed by atoms with E-state index < -0.39 is 84.1 Å². The van der Waals surface area contributed by atoms with Gasteiger partial charge in [-0.25, -0.2) is 31.3 Å². The molecule has 4 aromatic rings. The normalized spacial score (nSPS) is 17.8. The molecule has 0 spiro atoms. The number of anilines is 1. The molecule has 58 heavy (non-hydrogen) atoms. The third-order valence-corrected chi connectivity index (χ3v) is 12.0. The predicted molar refractivity (Wildman–Crippen MR) is 218 cm³/mol. The first-order valence-corrected chi connectivity index (χ1v) is 20.6. The number of hydrogen-bond donors (Lipinski definition) is 2. The number of alkyl halides is 6. The second-order valence-electron chi connectivity index (χ2n) is 14.2. The lowest BCUT2D eigenvalue weighted by atomic mass is 9.94. The summed E-state index contributed by atoms with van der Waals surface area (Å²) in [6.07, 6.45) is -2.25. The van der Waals surface area contributed by atoms with E-state index in [9.17, 15) is 35.1 Å². The molecular weight excluding hydrogens is 830 g/mol. The average Bonchev–Trinajstić information content (AvgIpc) is 3.85. The van der Waals surface area contributed by atoms with Crippen LogP contribution in [0.1, 0.15) is 62.5 Å². The fourth-order valence-corrected chi connectivity index (χ4v) is 7.48. The minimum atomic E-state index is -3.51. The predicted octanol–water partition coefficient (Wildman–Crippen LogP) is 10.7. The molecular formula is C40H38ClF8N7S2. The number of nitrogens with two attached hydrogens (primary N) is 1. The Bertz CT molecular complexity index is 2310. The van der Waals surface area contributed by atoms with E-state index in [1.54, 1.807) is 24.3 Å². The molecule has 2 aromatic heterocycles. The topological polar surface area (TPSA) is 93.5 Å². The lowest BCUT2D eigenvalue weighted by Crippen LogP contribution is -2.25. The Hall–Kier alpha value is -4.27. The molecule has 2 aliphatic rings. The van der Waals surface area contributed by atoms with Crippen LogP contribution in [0, 0.1) is 23.5 Å². The number of pyridine rings is 1. The SMILES string of the molecule is CSC(C)(C)C#Cc1ccc(-c2ccc(Cl)c3c(NSC4CC4)nn(CC(F)F)c23)c(C(Cc2cc(F)cc(F)c2)N=CCN=C2C(=C(N)C(F)F)CCC2(F)F)n1. The van der Waals surface area contributed by atoms with Gasteiger partial charge < -0.3 is 10.5 Å². The van der Waals surface area contributed by atoms with Crippen molar-refractivity contribution in [3.8, 4) is 23.0 Å². The summed E-state index contributed by atoms with van der Waals surface area (Å²) in [6.45, 7) is 2.55. The Labute approximate surface area is 343 Å². The van der Waals surface area contributed by atoms with E-state index in [1.165, 1.54) is 29.9 Å². The third-order valence-electron chi connectivity index (χ3n) is 9.41. The zero-order valence-corrected chi connectivity index (χ0v) is 33.8. The second kappa shape index (κ2) is 17.9. The van der Waals surface area contributed by atoms with E-state index >= 15 is 0 Å². The van der Waals surface area contributed by atoms with Crippen molar-refractivity contribution in [2.45, 2.75) is 87.3 Å². The molecule has 2 saturated carbocycles. The second-order valence-corrected chi connectivity index (χ2v) is 17.2. The molecule has 0 aliphatic heterocycles. The summed E-state index contributed by atoms with van der Waals surface area (Å²) in [7, 11) is 0. The molecule has 308 valence electrons. The van der Waals surface area contributed by atoms with E-state index in [2.05, 4.69) is 31.6 Å². The van der Waals surface area contributed by atoms with Crippen LogP contribution in [0.15, 0.2) is 63.7 Å². The molecule has 7 nitrogen and oxygen atoms in total. The Morgan fingerprint density at radius 3 is 2.47 bits per heavy atom. The molecule has 6 rings (SSSR count). The van der Waals surface area contributed by atoms with Gasteiger partial charge in [0.1, 0.15) is 29.6 Å². The van der Waals surface area contributed by atoms with Gasteiger partial charge in [-0.1, -0.05) is 23.6 Å². The van der Waals surface area contributed by atoms with E-state index in [0.29, 0.717) is 27.8 Å². The first-order chi connectivity index (χ1) is 27.5. The number of aliphatic imine (C=N–C) groups is 2. The van der Waals surface area contributed by atoms with Crippen LogP contribution in [0.4, 0.5) is 40.9 Å². The van der Waals surface area contributed by atoms with Crippen LogP contribution in [0.3, 0.4) is 0 Å². The molecule has 2 aromatic carbocycles. The summed E-state index contributed by atoms with van der Waals surface area (Å²) in [4.78, 5) is 13.4. The van der Waals surface area contributed by atoms with Crippen molar-refractivity contribution < 1.29 is 35.1 Å². The number of halogens is 9. The zero-order valence-electron chi connectivity index (χ0n) is 31.4. The van der Waals surface area contributed by atoms with Crippen LogP contribution in [0.2, 0.25) is 5.02 Å². The van der Waals surface area contributed by atoms with Crippen LogP contribution in [0.5, 0.6) is 0 Å². The van der Waals surface area contributed by atoms with Gasteiger partial charge in [0.15, 0.2) is 5.82 Å². The number of nitrogens with one attached hydrogen (secondary N) is 1. The number of aromatic nitrogens is 3. The fourth-order valence-electron chi connectivity index (χ4n) is 6.29. The quantitative estimate of drug-likeness (QED) is 0.0568. The minimum Gasteiger partial charge on any atom is -0.397 e. The van der Waals surface area contributed by atoms with Crippen molar-refractivity contribution in [1.82, 2.24) is 14.8 Å². The molecule has 2 aliphatic carbocycles. The van der Waals surface area contributed by atoms with Gasteiger partial charge in [-0.2, -0.15) is 13.9 Å². The highest BCUT2D eigenvalue weighted by molar-refractivity contribution is 8.01. The van der Waals surface area contributed by atoms with E-state index in [0.717, 1.165) is 29.7 Å². The van der Waals surface area contributed by atoms with Crippen LogP contribution in [-0.2, 0) is 13.0 Å². The lowest BCUT2D eigenvalue weighted by Gasteiger charge is -2.19. The van der Waals surface area contributed by atoms with Crippen LogP contribution < -0.4 is 10.5 Å². The third kappa shape index (κ3) is 10.3. The van der Waals surface area contributed by atoms with Crippen LogP contribution in [-0.4, -0.2) is 68.3 Å². The number of hydrogen-bond acceptors (Lipinski definition) is 8. The average molecular weight is 868 g/mol. The van der Waals surface area contributed by atoms with Crippen molar-refractivity contribution in [3.63, 3.8) is 0 Å². The molecule has 1 atom stereocenters. The molecule has 18 heteroatoms. The zero-order chi connectivity index (χ0) is 41.9. The van der Waals surface area contributed by atoms with Gasteiger partial charge in [0.25, 0.3) is 18.8 Å². The summed E-state index contributed by atoms with van der Waals surface area (Å²) in [5.74, 6) is 1.26. The summed E-state index contributed by atoms with van der Waals surface area (Å²) in [6, 6.07) is 8.31. The van der Waals surface area contributed by atoms with Crippen molar-refractivity contribution in [2.75, 3.05) is 17.5 Å². The maximum Gasteiger partial charge on any atom is 0.289 e. The highest BCUT2D eigenvalue weighted by Crippen LogP contribution is 2.43. The number of rotatable bonds is 14. The minimum absolute atomic E-state index is 0.156. The number of thioether (sulfide) groups is 1. The number of allylic oxidation sites excluding steroid dienone is 2. The monoisotopic (exact) mass is 867 g/mol. The van der Waals surface area contributed by atoms with Gasteiger partial charge in [0.05, 0.1) is 44.7 Å². The van der Waals surface area contributed by atoms with E-state index in [4.69, 9.17) is 22.3 Å². The van der Waals surface area contributed by atoms with Gasteiger partial charge in [-0.3, -0.25) is 14.7 Å². The molecule has 2 fully saturated rings. The molecule has 0 bridgehead atoms. The Morgan fingerprint density at radius 1 is 1.10 bits per heavy atom. The first-order valence-electron chi connectivity index (χ1n) is 18.1. The molecule has 1 unspecified atom stereocenters. The lowest BCUT2D eigenvalue weighted by molar-refractivity contribution is 0.0794. The first kappa shape index (κ1) is 43.3. The fraction of sp³-hybridized carbons (Fsp3) is 0.400. The van der Waals surface area contributed by atoms with Crippen LogP contribution >= 0.6 is 35.3 Å². The van der Waals surface area contributed by atoms with Gasteiger partial charge in [-0.05, 0) is 93.1 Å². The highest BCUT2D eigenvalue weighted by Gasteiger charge is 2.45. The summed E-state index contributed by atoms with van der Waals surface area (Å²) in [5.41, 5.74) is 4.80. The van der Waals surface area contributed by atoms with Gasteiger partial charge in [-0.15, -0.1) is 11.8 Å². The van der Waals surface area contributed by atoms with Gasteiger partial charge in [0.2, 0.25) is 0 Å². The van der Waals surface area contributed by atoms with Crippen molar-refractivity contribution in [1.29, 1.82) is 0 Å². The van der Waals surface area contributed by atoms with Crippen molar-refractivity contribution in [3.05, 3.63) is 87.3 Å². The summed E-state index contributed by atoms with van der Waals surface area (Å²) in [5, 5.41) is 5.43. The van der Waals surface area contributed by atoms with E-state index in [1.807, 2.05) is 20.1 Å². The maximum atomic E-state index is 14.8. The number of nitrogens with zero attached hydrogens (tertiary/aromatic N) is 5. The summed E-state index contributed by atoms with van der Waals surface area (Å²) < 4.78 is 118. The smallest absolute Gasteiger partial charge is 0.289 e. The highest BCUT2D eigenvalue weighted by atomic mass is 35.5. The molecule has 3 N–H and O–H groups in total.